The minimum Gasteiger partial charge on any atom is -0.365 e. The third-order valence-corrected chi connectivity index (χ3v) is 3.25. The highest BCUT2D eigenvalue weighted by Crippen LogP contribution is 2.25. The monoisotopic (exact) mass is 314 g/mol. The summed E-state index contributed by atoms with van der Waals surface area (Å²) in [6.45, 7) is 0.532. The van der Waals surface area contributed by atoms with Gasteiger partial charge in [0.05, 0.1) is 9.40 Å². The van der Waals surface area contributed by atoms with Crippen LogP contribution in [0.1, 0.15) is 12.8 Å². The number of piperidine rings is 1. The standard InChI is InChI=1S/C10H11BrN4O3/c11-8-3-7(15(17)18)5-13-10(8)14-6-1-2-9(16)12-4-6/h3,5-6H,1-2,4H2,(H,12,16)(H,13,14). The molecule has 0 saturated carbocycles. The lowest BCUT2D eigenvalue weighted by Crippen LogP contribution is -2.42. The van der Waals surface area contributed by atoms with E-state index in [1.54, 1.807) is 0 Å². The third-order valence-electron chi connectivity index (χ3n) is 2.64. The number of halogens is 1. The highest BCUT2D eigenvalue weighted by atomic mass is 79.9. The van der Waals surface area contributed by atoms with E-state index in [-0.39, 0.29) is 17.6 Å². The van der Waals surface area contributed by atoms with Crippen LogP contribution in [0.2, 0.25) is 0 Å². The summed E-state index contributed by atoms with van der Waals surface area (Å²) >= 11 is 3.24. The van der Waals surface area contributed by atoms with Gasteiger partial charge in [0.2, 0.25) is 5.91 Å². The molecule has 1 fully saturated rings. The topological polar surface area (TPSA) is 97.2 Å². The lowest BCUT2D eigenvalue weighted by Gasteiger charge is -2.24. The summed E-state index contributed by atoms with van der Waals surface area (Å²) < 4.78 is 0.536. The first-order valence-corrected chi connectivity index (χ1v) is 6.18. The Balaban J connectivity index is 2.05. The normalized spacial score (nSPS) is 19.2. The first kappa shape index (κ1) is 12.7. The summed E-state index contributed by atoms with van der Waals surface area (Å²) in [6, 6.07) is 1.49. The van der Waals surface area contributed by atoms with E-state index in [0.717, 1.165) is 6.42 Å². The molecule has 96 valence electrons. The molecule has 2 N–H and O–H groups in total. The van der Waals surface area contributed by atoms with E-state index in [0.29, 0.717) is 23.3 Å². The number of amides is 1. The molecule has 0 spiro atoms. The van der Waals surface area contributed by atoms with Crippen molar-refractivity contribution in [3.05, 3.63) is 26.9 Å². The van der Waals surface area contributed by atoms with Gasteiger partial charge in [-0.3, -0.25) is 14.9 Å². The summed E-state index contributed by atoms with van der Waals surface area (Å²) in [5, 5.41) is 16.5. The lowest BCUT2D eigenvalue weighted by molar-refractivity contribution is -0.385. The molecule has 2 heterocycles. The average Bonchev–Trinajstić information content (AvgIpc) is 2.34. The summed E-state index contributed by atoms with van der Waals surface area (Å²) in [4.78, 5) is 25.1. The Morgan fingerprint density at radius 2 is 2.39 bits per heavy atom. The zero-order chi connectivity index (χ0) is 13.1. The lowest BCUT2D eigenvalue weighted by atomic mass is 10.1. The van der Waals surface area contributed by atoms with Crippen molar-refractivity contribution >= 4 is 33.3 Å². The second kappa shape index (κ2) is 5.30. The van der Waals surface area contributed by atoms with E-state index in [9.17, 15) is 14.9 Å². The van der Waals surface area contributed by atoms with Gasteiger partial charge in [-0.25, -0.2) is 4.98 Å². The van der Waals surface area contributed by atoms with E-state index < -0.39 is 4.92 Å². The molecule has 0 aromatic carbocycles. The first-order chi connectivity index (χ1) is 8.56. The van der Waals surface area contributed by atoms with Crippen LogP contribution in [0, 0.1) is 10.1 Å². The zero-order valence-electron chi connectivity index (χ0n) is 9.35. The number of hydrogen-bond acceptors (Lipinski definition) is 5. The molecular weight excluding hydrogens is 304 g/mol. The largest absolute Gasteiger partial charge is 0.365 e. The SMILES string of the molecule is O=C1CCC(Nc2ncc([N+](=O)[O-])cc2Br)CN1. The molecule has 1 aromatic rings. The number of carbonyl (C=O) groups is 1. The van der Waals surface area contributed by atoms with Crippen LogP contribution in [0.5, 0.6) is 0 Å². The Labute approximate surface area is 111 Å². The van der Waals surface area contributed by atoms with Crippen LogP contribution in [0.15, 0.2) is 16.7 Å². The fourth-order valence-electron chi connectivity index (χ4n) is 1.68. The van der Waals surface area contributed by atoms with Crippen LogP contribution in [0.3, 0.4) is 0 Å². The first-order valence-electron chi connectivity index (χ1n) is 5.39. The van der Waals surface area contributed by atoms with Gasteiger partial charge in [0.15, 0.2) is 0 Å². The predicted molar refractivity (Wildman–Crippen MR) is 68.2 cm³/mol. The van der Waals surface area contributed by atoms with E-state index >= 15 is 0 Å². The fourth-order valence-corrected chi connectivity index (χ4v) is 2.13. The van der Waals surface area contributed by atoms with Crippen molar-refractivity contribution in [2.24, 2.45) is 0 Å². The number of carbonyl (C=O) groups excluding carboxylic acids is 1. The Bertz CT molecular complexity index is 484. The van der Waals surface area contributed by atoms with Crippen molar-refractivity contribution in [1.29, 1.82) is 0 Å². The van der Waals surface area contributed by atoms with Gasteiger partial charge in [0.1, 0.15) is 12.0 Å². The summed E-state index contributed by atoms with van der Waals surface area (Å²) in [5.41, 5.74) is -0.0654. The Hall–Kier alpha value is -1.70. The van der Waals surface area contributed by atoms with Crippen LogP contribution in [0.25, 0.3) is 0 Å². The molecule has 0 radical (unpaired) electrons. The van der Waals surface area contributed by atoms with Crippen LogP contribution in [0.4, 0.5) is 11.5 Å². The number of nitrogens with zero attached hydrogens (tertiary/aromatic N) is 2. The van der Waals surface area contributed by atoms with E-state index in [1.807, 2.05) is 0 Å². The Morgan fingerprint density at radius 3 is 2.94 bits per heavy atom. The second-order valence-electron chi connectivity index (χ2n) is 3.97. The van der Waals surface area contributed by atoms with Crippen molar-refractivity contribution in [2.45, 2.75) is 18.9 Å². The third kappa shape index (κ3) is 2.95. The molecule has 0 aliphatic carbocycles. The zero-order valence-corrected chi connectivity index (χ0v) is 10.9. The van der Waals surface area contributed by atoms with Gasteiger partial charge in [0.25, 0.3) is 5.69 Å². The molecule has 0 bridgehead atoms. The smallest absolute Gasteiger partial charge is 0.288 e. The van der Waals surface area contributed by atoms with Crippen molar-refractivity contribution in [1.82, 2.24) is 10.3 Å². The fraction of sp³-hybridized carbons (Fsp3) is 0.400. The molecule has 1 saturated heterocycles. The summed E-state index contributed by atoms with van der Waals surface area (Å²) in [6.07, 6.45) is 2.40. The molecule has 1 aliphatic heterocycles. The van der Waals surface area contributed by atoms with Crippen molar-refractivity contribution in [3.63, 3.8) is 0 Å². The van der Waals surface area contributed by atoms with E-state index in [4.69, 9.17) is 0 Å². The number of anilines is 1. The predicted octanol–water partition coefficient (Wildman–Crippen LogP) is 1.44. The maximum atomic E-state index is 11.0. The van der Waals surface area contributed by atoms with Gasteiger partial charge in [0, 0.05) is 25.1 Å². The highest BCUT2D eigenvalue weighted by molar-refractivity contribution is 9.10. The summed E-state index contributed by atoms with van der Waals surface area (Å²) in [7, 11) is 0. The molecule has 8 heteroatoms. The molecule has 1 aliphatic rings. The minimum absolute atomic E-state index is 0.0452. The summed E-state index contributed by atoms with van der Waals surface area (Å²) in [5.74, 6) is 0.588. The molecule has 1 aromatic heterocycles. The molecule has 1 amide bonds. The van der Waals surface area contributed by atoms with Crippen molar-refractivity contribution in [3.8, 4) is 0 Å². The highest BCUT2D eigenvalue weighted by Gasteiger charge is 2.19. The van der Waals surface area contributed by atoms with Crippen molar-refractivity contribution in [2.75, 3.05) is 11.9 Å². The second-order valence-corrected chi connectivity index (χ2v) is 4.82. The van der Waals surface area contributed by atoms with E-state index in [2.05, 4.69) is 31.5 Å². The number of pyridine rings is 1. The van der Waals surface area contributed by atoms with E-state index in [1.165, 1.54) is 12.3 Å². The van der Waals surface area contributed by atoms with Gasteiger partial charge in [-0.05, 0) is 22.4 Å². The number of nitro groups is 1. The Morgan fingerprint density at radius 1 is 1.61 bits per heavy atom. The number of rotatable bonds is 3. The number of hydrogen-bond donors (Lipinski definition) is 2. The number of nitrogens with one attached hydrogen (secondary N) is 2. The quantitative estimate of drug-likeness (QED) is 0.650. The maximum absolute atomic E-state index is 11.0. The van der Waals surface area contributed by atoms with Crippen LogP contribution in [-0.2, 0) is 4.79 Å². The van der Waals surface area contributed by atoms with Gasteiger partial charge in [-0.1, -0.05) is 0 Å². The van der Waals surface area contributed by atoms with Crippen LogP contribution < -0.4 is 10.6 Å². The molecule has 18 heavy (non-hydrogen) atoms. The maximum Gasteiger partial charge on any atom is 0.288 e. The average molecular weight is 315 g/mol. The van der Waals surface area contributed by atoms with Gasteiger partial charge < -0.3 is 10.6 Å². The van der Waals surface area contributed by atoms with Gasteiger partial charge >= 0.3 is 0 Å². The van der Waals surface area contributed by atoms with Crippen molar-refractivity contribution < 1.29 is 9.72 Å². The molecule has 7 nitrogen and oxygen atoms in total. The molecule has 2 rings (SSSR count). The Kier molecular flexibility index (Phi) is 3.75. The minimum atomic E-state index is -0.498. The molecule has 1 unspecified atom stereocenters. The van der Waals surface area contributed by atoms with Gasteiger partial charge in [-0.2, -0.15) is 0 Å². The van der Waals surface area contributed by atoms with Gasteiger partial charge in [-0.15, -0.1) is 0 Å². The number of aromatic nitrogens is 1. The molecular formula is C10H11BrN4O3. The van der Waals surface area contributed by atoms with Crippen LogP contribution >= 0.6 is 15.9 Å². The van der Waals surface area contributed by atoms with Crippen LogP contribution in [-0.4, -0.2) is 28.4 Å². The molecule has 1 atom stereocenters.